The lowest BCUT2D eigenvalue weighted by atomic mass is 10.1. The quantitative estimate of drug-likeness (QED) is 0.736. The monoisotopic (exact) mass is 300 g/mol. The highest BCUT2D eigenvalue weighted by molar-refractivity contribution is 5.77. The van der Waals surface area contributed by atoms with Gasteiger partial charge in [-0.15, -0.1) is 0 Å². The normalized spacial score (nSPS) is 10.4. The van der Waals surface area contributed by atoms with Gasteiger partial charge in [-0.3, -0.25) is 4.79 Å². The highest BCUT2D eigenvalue weighted by atomic mass is 19.1. The predicted octanol–water partition coefficient (Wildman–Crippen LogP) is 2.66. The predicted molar refractivity (Wildman–Crippen MR) is 85.9 cm³/mol. The zero-order chi connectivity index (χ0) is 15.6. The van der Waals surface area contributed by atoms with E-state index >= 15 is 0 Å². The number of benzene rings is 2. The summed E-state index contributed by atoms with van der Waals surface area (Å²) in [5, 5.41) is 5.93. The van der Waals surface area contributed by atoms with Gasteiger partial charge >= 0.3 is 0 Å². The van der Waals surface area contributed by atoms with E-state index in [1.165, 1.54) is 17.7 Å². The number of amides is 1. The first kappa shape index (κ1) is 16.2. The Labute approximate surface area is 130 Å². The highest BCUT2D eigenvalue weighted by Gasteiger charge is 2.01. The molecule has 0 heterocycles. The summed E-state index contributed by atoms with van der Waals surface area (Å²) >= 11 is 0. The van der Waals surface area contributed by atoms with E-state index in [9.17, 15) is 9.18 Å². The minimum absolute atomic E-state index is 0.0518. The van der Waals surface area contributed by atoms with E-state index in [1.54, 1.807) is 12.1 Å². The number of hydrogen-bond donors (Lipinski definition) is 2. The standard InChI is InChI=1S/C18H21FN2O/c19-17-10-8-16(9-11-17)13-21-18(22)14-20-12-4-7-15-5-2-1-3-6-15/h1-3,5-6,8-11,20H,4,7,12-14H2,(H,21,22). The molecule has 2 aromatic carbocycles. The van der Waals surface area contributed by atoms with E-state index in [0.29, 0.717) is 13.1 Å². The van der Waals surface area contributed by atoms with Crippen molar-refractivity contribution in [1.29, 1.82) is 0 Å². The maximum absolute atomic E-state index is 12.7. The molecule has 0 radical (unpaired) electrons. The van der Waals surface area contributed by atoms with Gasteiger partial charge in [0.2, 0.25) is 5.91 Å². The smallest absolute Gasteiger partial charge is 0.234 e. The van der Waals surface area contributed by atoms with Crippen molar-refractivity contribution in [3.05, 3.63) is 71.5 Å². The van der Waals surface area contributed by atoms with Gasteiger partial charge in [0.05, 0.1) is 6.54 Å². The zero-order valence-electron chi connectivity index (χ0n) is 12.5. The van der Waals surface area contributed by atoms with E-state index in [1.807, 2.05) is 18.2 Å². The molecule has 0 atom stereocenters. The molecule has 0 aliphatic carbocycles. The lowest BCUT2D eigenvalue weighted by molar-refractivity contribution is -0.120. The molecule has 0 fully saturated rings. The first-order chi connectivity index (χ1) is 10.7. The van der Waals surface area contributed by atoms with E-state index in [0.717, 1.165) is 24.9 Å². The molecule has 2 rings (SSSR count). The van der Waals surface area contributed by atoms with E-state index < -0.39 is 0 Å². The number of aryl methyl sites for hydroxylation is 1. The van der Waals surface area contributed by atoms with Crippen molar-refractivity contribution >= 4 is 5.91 Å². The van der Waals surface area contributed by atoms with Crippen molar-refractivity contribution in [1.82, 2.24) is 10.6 Å². The largest absolute Gasteiger partial charge is 0.351 e. The Hall–Kier alpha value is -2.20. The zero-order valence-corrected chi connectivity index (χ0v) is 12.5. The number of hydrogen-bond acceptors (Lipinski definition) is 2. The van der Waals surface area contributed by atoms with Crippen LogP contribution in [0.3, 0.4) is 0 Å². The van der Waals surface area contributed by atoms with Gasteiger partial charge in [-0.25, -0.2) is 4.39 Å². The van der Waals surface area contributed by atoms with Crippen LogP contribution >= 0.6 is 0 Å². The van der Waals surface area contributed by atoms with Crippen LogP contribution in [0.15, 0.2) is 54.6 Å². The molecule has 0 spiro atoms. The fourth-order valence-electron chi connectivity index (χ4n) is 2.13. The molecule has 1 amide bonds. The van der Waals surface area contributed by atoms with Gasteiger partial charge in [-0.1, -0.05) is 42.5 Å². The van der Waals surface area contributed by atoms with Crippen molar-refractivity contribution in [3.63, 3.8) is 0 Å². The van der Waals surface area contributed by atoms with Crippen LogP contribution in [0.4, 0.5) is 4.39 Å². The van der Waals surface area contributed by atoms with E-state index in [2.05, 4.69) is 22.8 Å². The summed E-state index contributed by atoms with van der Waals surface area (Å²) in [6.07, 6.45) is 2.00. The second kappa shape index (κ2) is 8.95. The van der Waals surface area contributed by atoms with Crippen LogP contribution in [-0.2, 0) is 17.8 Å². The summed E-state index contributed by atoms with van der Waals surface area (Å²) in [6.45, 7) is 1.53. The molecule has 3 nitrogen and oxygen atoms in total. The number of rotatable bonds is 8. The summed E-state index contributed by atoms with van der Waals surface area (Å²) in [6, 6.07) is 16.4. The molecular formula is C18H21FN2O. The Kier molecular flexibility index (Phi) is 6.58. The summed E-state index contributed by atoms with van der Waals surface area (Å²) in [4.78, 5) is 11.7. The maximum Gasteiger partial charge on any atom is 0.234 e. The Balaban J connectivity index is 1.55. The minimum Gasteiger partial charge on any atom is -0.351 e. The third-order valence-electron chi connectivity index (χ3n) is 3.35. The summed E-state index contributed by atoms with van der Waals surface area (Å²) < 4.78 is 12.7. The fraction of sp³-hybridized carbons (Fsp3) is 0.278. The number of carbonyl (C=O) groups is 1. The average Bonchev–Trinajstić information content (AvgIpc) is 2.55. The molecule has 0 unspecified atom stereocenters. The van der Waals surface area contributed by atoms with Crippen LogP contribution in [0, 0.1) is 5.82 Å². The molecule has 0 aromatic heterocycles. The van der Waals surface area contributed by atoms with Gasteiger partial charge < -0.3 is 10.6 Å². The fourth-order valence-corrected chi connectivity index (χ4v) is 2.13. The van der Waals surface area contributed by atoms with Gasteiger partial charge in [0.15, 0.2) is 0 Å². The molecule has 4 heteroatoms. The van der Waals surface area contributed by atoms with Crippen LogP contribution in [0.5, 0.6) is 0 Å². The lowest BCUT2D eigenvalue weighted by Crippen LogP contribution is -2.34. The molecule has 0 bridgehead atoms. The van der Waals surface area contributed by atoms with Crippen molar-refractivity contribution in [2.24, 2.45) is 0 Å². The van der Waals surface area contributed by atoms with Crippen LogP contribution in [0.25, 0.3) is 0 Å². The topological polar surface area (TPSA) is 41.1 Å². The third kappa shape index (κ3) is 6.06. The summed E-state index contributed by atoms with van der Waals surface area (Å²) in [5.41, 5.74) is 2.20. The Morgan fingerprint density at radius 3 is 2.41 bits per heavy atom. The molecular weight excluding hydrogens is 279 g/mol. The highest BCUT2D eigenvalue weighted by Crippen LogP contribution is 2.02. The van der Waals surface area contributed by atoms with Crippen LogP contribution < -0.4 is 10.6 Å². The Morgan fingerprint density at radius 1 is 0.955 bits per heavy atom. The van der Waals surface area contributed by atoms with Crippen LogP contribution in [-0.4, -0.2) is 19.0 Å². The molecule has 2 N–H and O–H groups in total. The maximum atomic E-state index is 12.7. The van der Waals surface area contributed by atoms with Crippen LogP contribution in [0.2, 0.25) is 0 Å². The van der Waals surface area contributed by atoms with E-state index in [-0.39, 0.29) is 11.7 Å². The van der Waals surface area contributed by atoms with Crippen LogP contribution in [0.1, 0.15) is 17.5 Å². The summed E-state index contributed by atoms with van der Waals surface area (Å²) in [5.74, 6) is -0.320. The number of halogens is 1. The second-order valence-electron chi connectivity index (χ2n) is 5.17. The van der Waals surface area contributed by atoms with Crippen molar-refractivity contribution in [2.45, 2.75) is 19.4 Å². The lowest BCUT2D eigenvalue weighted by Gasteiger charge is -2.07. The van der Waals surface area contributed by atoms with Gasteiger partial charge in [0.1, 0.15) is 5.82 Å². The Bertz CT molecular complexity index is 569. The van der Waals surface area contributed by atoms with Gasteiger partial charge in [0.25, 0.3) is 0 Å². The van der Waals surface area contributed by atoms with Crippen molar-refractivity contribution in [3.8, 4) is 0 Å². The molecule has 0 saturated carbocycles. The first-order valence-electron chi connectivity index (χ1n) is 7.50. The molecule has 0 saturated heterocycles. The molecule has 0 aliphatic heterocycles. The first-order valence-corrected chi connectivity index (χ1v) is 7.50. The molecule has 116 valence electrons. The number of nitrogens with one attached hydrogen (secondary N) is 2. The molecule has 2 aromatic rings. The summed E-state index contributed by atoms with van der Waals surface area (Å²) in [7, 11) is 0. The second-order valence-corrected chi connectivity index (χ2v) is 5.17. The SMILES string of the molecule is O=C(CNCCCc1ccccc1)NCc1ccc(F)cc1. The van der Waals surface area contributed by atoms with Gasteiger partial charge in [0, 0.05) is 6.54 Å². The van der Waals surface area contributed by atoms with Gasteiger partial charge in [-0.2, -0.15) is 0 Å². The Morgan fingerprint density at radius 2 is 1.68 bits per heavy atom. The number of carbonyl (C=O) groups excluding carboxylic acids is 1. The molecule has 22 heavy (non-hydrogen) atoms. The van der Waals surface area contributed by atoms with Gasteiger partial charge in [-0.05, 0) is 42.6 Å². The minimum atomic E-state index is -0.268. The van der Waals surface area contributed by atoms with Crippen molar-refractivity contribution in [2.75, 3.05) is 13.1 Å². The average molecular weight is 300 g/mol. The third-order valence-corrected chi connectivity index (χ3v) is 3.35. The molecule has 0 aliphatic rings. The van der Waals surface area contributed by atoms with E-state index in [4.69, 9.17) is 0 Å². The van der Waals surface area contributed by atoms with Crippen molar-refractivity contribution < 1.29 is 9.18 Å².